The molecular formula is C10H14N4O3. The van der Waals surface area contributed by atoms with Crippen LogP contribution >= 0.6 is 0 Å². The van der Waals surface area contributed by atoms with Gasteiger partial charge in [-0.3, -0.25) is 9.69 Å². The van der Waals surface area contributed by atoms with Crippen LogP contribution in [0.3, 0.4) is 0 Å². The minimum atomic E-state index is -0.0634. The molecule has 1 saturated heterocycles. The summed E-state index contributed by atoms with van der Waals surface area (Å²) in [5.41, 5.74) is 0. The number of ether oxygens (including phenoxy) is 2. The molecule has 1 N–H and O–H groups in total. The molecule has 1 fully saturated rings. The van der Waals surface area contributed by atoms with Gasteiger partial charge in [0.2, 0.25) is 23.6 Å². The highest BCUT2D eigenvalue weighted by molar-refractivity contribution is 5.93. The van der Waals surface area contributed by atoms with E-state index in [1.807, 2.05) is 0 Å². The molecule has 0 aliphatic carbocycles. The zero-order chi connectivity index (χ0) is 12.3. The lowest BCUT2D eigenvalue weighted by atomic mass is 10.4. The molecule has 2 heterocycles. The van der Waals surface area contributed by atoms with Crippen LogP contribution in [0.15, 0.2) is 6.07 Å². The minimum absolute atomic E-state index is 0.0634. The molecule has 92 valence electrons. The summed E-state index contributed by atoms with van der Waals surface area (Å²) in [6.45, 7) is 1.55. The maximum absolute atomic E-state index is 11.7. The van der Waals surface area contributed by atoms with Gasteiger partial charge in [-0.05, 0) is 0 Å². The zero-order valence-corrected chi connectivity index (χ0v) is 9.77. The van der Waals surface area contributed by atoms with Crippen molar-refractivity contribution < 1.29 is 14.3 Å². The van der Waals surface area contributed by atoms with E-state index in [0.717, 1.165) is 0 Å². The summed E-state index contributed by atoms with van der Waals surface area (Å²) in [6.07, 6.45) is 0. The van der Waals surface area contributed by atoms with Gasteiger partial charge in [-0.1, -0.05) is 0 Å². The molecular weight excluding hydrogens is 224 g/mol. The first kappa shape index (κ1) is 11.6. The molecule has 0 unspecified atom stereocenters. The van der Waals surface area contributed by atoms with Crippen LogP contribution in [0.4, 0.5) is 5.95 Å². The van der Waals surface area contributed by atoms with Gasteiger partial charge in [0, 0.05) is 13.1 Å². The van der Waals surface area contributed by atoms with Gasteiger partial charge < -0.3 is 14.8 Å². The van der Waals surface area contributed by atoms with Crippen LogP contribution in [-0.4, -0.2) is 49.7 Å². The Balaban J connectivity index is 2.32. The second kappa shape index (κ2) is 4.96. The quantitative estimate of drug-likeness (QED) is 0.760. The third-order valence-corrected chi connectivity index (χ3v) is 2.42. The lowest BCUT2D eigenvalue weighted by Gasteiger charge is -2.25. The first-order chi connectivity index (χ1) is 8.24. The van der Waals surface area contributed by atoms with Crippen LogP contribution in [0.2, 0.25) is 0 Å². The number of piperazine rings is 1. The van der Waals surface area contributed by atoms with Gasteiger partial charge in [-0.15, -0.1) is 0 Å². The zero-order valence-electron chi connectivity index (χ0n) is 9.77. The molecule has 1 amide bonds. The third-order valence-electron chi connectivity index (χ3n) is 2.42. The van der Waals surface area contributed by atoms with Crippen molar-refractivity contribution in [2.45, 2.75) is 0 Å². The summed E-state index contributed by atoms with van der Waals surface area (Å²) >= 11 is 0. The Morgan fingerprint density at radius 2 is 1.94 bits per heavy atom. The number of hydrogen-bond donors (Lipinski definition) is 1. The van der Waals surface area contributed by atoms with Crippen LogP contribution in [0.25, 0.3) is 0 Å². The number of aromatic nitrogens is 2. The van der Waals surface area contributed by atoms with Crippen molar-refractivity contribution in [2.24, 2.45) is 0 Å². The Morgan fingerprint density at radius 1 is 1.29 bits per heavy atom. The largest absolute Gasteiger partial charge is 0.481 e. The fraction of sp³-hybridized carbons (Fsp3) is 0.500. The van der Waals surface area contributed by atoms with E-state index in [4.69, 9.17) is 9.47 Å². The Labute approximate surface area is 98.8 Å². The highest BCUT2D eigenvalue weighted by atomic mass is 16.5. The normalized spacial score (nSPS) is 15.9. The molecule has 17 heavy (non-hydrogen) atoms. The molecule has 1 aliphatic rings. The Morgan fingerprint density at radius 3 is 2.47 bits per heavy atom. The molecule has 1 aromatic rings. The number of rotatable bonds is 3. The van der Waals surface area contributed by atoms with Crippen LogP contribution in [-0.2, 0) is 4.79 Å². The smallest absolute Gasteiger partial charge is 0.243 e. The topological polar surface area (TPSA) is 76.6 Å². The molecule has 7 heteroatoms. The Kier molecular flexibility index (Phi) is 3.38. The van der Waals surface area contributed by atoms with Gasteiger partial charge in [0.15, 0.2) is 0 Å². The fourth-order valence-electron chi connectivity index (χ4n) is 1.54. The molecule has 0 radical (unpaired) electrons. The van der Waals surface area contributed by atoms with Crippen molar-refractivity contribution in [2.75, 3.05) is 38.8 Å². The second-order valence-corrected chi connectivity index (χ2v) is 3.47. The SMILES string of the molecule is COc1cc(OC)nc(N2CCNCC2=O)n1. The average molecular weight is 238 g/mol. The summed E-state index contributed by atoms with van der Waals surface area (Å²) in [4.78, 5) is 21.5. The average Bonchev–Trinajstić information content (AvgIpc) is 2.38. The summed E-state index contributed by atoms with van der Waals surface area (Å²) in [5, 5.41) is 2.98. The van der Waals surface area contributed by atoms with Crippen molar-refractivity contribution in [3.8, 4) is 11.8 Å². The lowest BCUT2D eigenvalue weighted by molar-refractivity contribution is -0.118. The van der Waals surface area contributed by atoms with Crippen molar-refractivity contribution in [1.82, 2.24) is 15.3 Å². The van der Waals surface area contributed by atoms with Crippen molar-refractivity contribution in [1.29, 1.82) is 0 Å². The van der Waals surface area contributed by atoms with Crippen LogP contribution < -0.4 is 19.7 Å². The third kappa shape index (κ3) is 2.44. The van der Waals surface area contributed by atoms with E-state index in [1.54, 1.807) is 6.07 Å². The summed E-state index contributed by atoms with van der Waals surface area (Å²) in [6, 6.07) is 1.57. The molecule has 0 saturated carbocycles. The first-order valence-corrected chi connectivity index (χ1v) is 5.22. The van der Waals surface area contributed by atoms with Crippen molar-refractivity contribution in [3.63, 3.8) is 0 Å². The van der Waals surface area contributed by atoms with Gasteiger partial charge in [-0.2, -0.15) is 9.97 Å². The monoisotopic (exact) mass is 238 g/mol. The molecule has 0 bridgehead atoms. The lowest BCUT2D eigenvalue weighted by Crippen LogP contribution is -2.48. The molecule has 2 rings (SSSR count). The summed E-state index contributed by atoms with van der Waals surface area (Å²) < 4.78 is 10.1. The summed E-state index contributed by atoms with van der Waals surface area (Å²) in [7, 11) is 3.01. The minimum Gasteiger partial charge on any atom is -0.481 e. The highest BCUT2D eigenvalue weighted by Crippen LogP contribution is 2.20. The summed E-state index contributed by atoms with van der Waals surface area (Å²) in [5.74, 6) is 0.996. The predicted molar refractivity (Wildman–Crippen MR) is 60.4 cm³/mol. The number of nitrogens with one attached hydrogen (secondary N) is 1. The highest BCUT2D eigenvalue weighted by Gasteiger charge is 2.22. The predicted octanol–water partition coefficient (Wildman–Crippen LogP) is -0.570. The molecule has 0 aromatic carbocycles. The van der Waals surface area contributed by atoms with E-state index in [-0.39, 0.29) is 5.91 Å². The number of hydrogen-bond acceptors (Lipinski definition) is 6. The second-order valence-electron chi connectivity index (χ2n) is 3.47. The maximum atomic E-state index is 11.7. The molecule has 7 nitrogen and oxygen atoms in total. The van der Waals surface area contributed by atoms with E-state index in [9.17, 15) is 4.79 Å². The Hall–Kier alpha value is -1.89. The van der Waals surface area contributed by atoms with Gasteiger partial charge in [0.25, 0.3) is 0 Å². The van der Waals surface area contributed by atoms with E-state index in [2.05, 4.69) is 15.3 Å². The van der Waals surface area contributed by atoms with E-state index < -0.39 is 0 Å². The maximum Gasteiger partial charge on any atom is 0.243 e. The Bertz CT molecular complexity index is 402. The van der Waals surface area contributed by atoms with Crippen LogP contribution in [0, 0.1) is 0 Å². The molecule has 0 atom stereocenters. The van der Waals surface area contributed by atoms with Gasteiger partial charge in [0.1, 0.15) is 0 Å². The van der Waals surface area contributed by atoms with Crippen LogP contribution in [0.5, 0.6) is 11.8 Å². The van der Waals surface area contributed by atoms with Gasteiger partial charge >= 0.3 is 0 Å². The fourth-order valence-corrected chi connectivity index (χ4v) is 1.54. The van der Waals surface area contributed by atoms with E-state index in [1.165, 1.54) is 19.1 Å². The van der Waals surface area contributed by atoms with Crippen LogP contribution in [0.1, 0.15) is 0 Å². The van der Waals surface area contributed by atoms with E-state index >= 15 is 0 Å². The van der Waals surface area contributed by atoms with E-state index in [0.29, 0.717) is 37.3 Å². The van der Waals surface area contributed by atoms with Gasteiger partial charge in [0.05, 0.1) is 26.8 Å². The first-order valence-electron chi connectivity index (χ1n) is 5.22. The number of carbonyl (C=O) groups excluding carboxylic acids is 1. The number of nitrogens with zero attached hydrogens (tertiary/aromatic N) is 3. The number of methoxy groups -OCH3 is 2. The van der Waals surface area contributed by atoms with Crippen molar-refractivity contribution >= 4 is 11.9 Å². The number of anilines is 1. The standard InChI is InChI=1S/C10H14N4O3/c1-16-7-5-8(17-2)13-10(12-7)14-4-3-11-6-9(14)15/h5,11H,3-4,6H2,1-2H3. The molecule has 1 aromatic heterocycles. The molecule has 0 spiro atoms. The number of carbonyl (C=O) groups is 1. The van der Waals surface area contributed by atoms with Gasteiger partial charge in [-0.25, -0.2) is 0 Å². The number of amides is 1. The molecule has 1 aliphatic heterocycles. The van der Waals surface area contributed by atoms with Crippen molar-refractivity contribution in [3.05, 3.63) is 6.07 Å².